The van der Waals surface area contributed by atoms with E-state index in [-0.39, 0.29) is 28.9 Å². The van der Waals surface area contributed by atoms with Crippen molar-refractivity contribution in [3.05, 3.63) is 35.4 Å². The topological polar surface area (TPSA) is 75.9 Å². The molecule has 5 atom stereocenters. The van der Waals surface area contributed by atoms with Crippen LogP contribution >= 0.6 is 0 Å². The predicted octanol–water partition coefficient (Wildman–Crippen LogP) is 1.76. The zero-order chi connectivity index (χ0) is 20.3. The normalized spacial score (nSPS) is 36.4. The Morgan fingerprint density at radius 1 is 1.07 bits per heavy atom. The third-order valence-electron chi connectivity index (χ3n) is 6.98. The Hall–Kier alpha value is -1.13. The molecule has 3 saturated heterocycles. The van der Waals surface area contributed by atoms with Crippen LogP contribution in [-0.2, 0) is 14.8 Å². The second-order valence-corrected chi connectivity index (χ2v) is 10.9. The van der Waals surface area contributed by atoms with Crippen LogP contribution in [0.4, 0.5) is 8.78 Å². The highest BCUT2D eigenvalue weighted by Crippen LogP contribution is 2.41. The van der Waals surface area contributed by atoms with Crippen molar-refractivity contribution < 1.29 is 21.9 Å². The zero-order valence-electron chi connectivity index (χ0n) is 16.2. The van der Waals surface area contributed by atoms with E-state index in [2.05, 4.69) is 4.90 Å². The molecule has 1 aromatic carbocycles. The lowest BCUT2D eigenvalue weighted by Gasteiger charge is -2.40. The maximum atomic E-state index is 14.2. The fourth-order valence-corrected chi connectivity index (χ4v) is 7.53. The molecule has 1 saturated carbocycles. The third-order valence-corrected chi connectivity index (χ3v) is 9.40. The van der Waals surface area contributed by atoms with Gasteiger partial charge in [-0.3, -0.25) is 4.90 Å². The fourth-order valence-electron chi connectivity index (χ4n) is 5.44. The number of hydrogen-bond donors (Lipinski definition) is 1. The number of ether oxygens (including phenoxy) is 1. The summed E-state index contributed by atoms with van der Waals surface area (Å²) >= 11 is 0. The monoisotopic (exact) mass is 427 g/mol. The lowest BCUT2D eigenvalue weighted by Crippen LogP contribution is -2.51. The van der Waals surface area contributed by atoms with Crippen LogP contribution < -0.4 is 5.73 Å². The maximum absolute atomic E-state index is 14.2. The molecule has 0 spiro atoms. The largest absolute Gasteiger partial charge is 0.370 e. The van der Waals surface area contributed by atoms with Gasteiger partial charge in [0, 0.05) is 42.8 Å². The molecule has 29 heavy (non-hydrogen) atoms. The first-order valence-electron chi connectivity index (χ1n) is 10.4. The number of fused-ring (bicyclic) bond motifs is 1. The first-order valence-corrected chi connectivity index (χ1v) is 11.9. The van der Waals surface area contributed by atoms with Gasteiger partial charge in [0.1, 0.15) is 17.7 Å². The van der Waals surface area contributed by atoms with Gasteiger partial charge in [-0.25, -0.2) is 17.2 Å². The van der Waals surface area contributed by atoms with Gasteiger partial charge in [0.05, 0.1) is 11.9 Å². The van der Waals surface area contributed by atoms with E-state index in [0.29, 0.717) is 19.6 Å². The molecule has 0 radical (unpaired) electrons. The lowest BCUT2D eigenvalue weighted by molar-refractivity contribution is -0.0545. The molecule has 3 aliphatic heterocycles. The molecule has 160 valence electrons. The average molecular weight is 428 g/mol. The van der Waals surface area contributed by atoms with Gasteiger partial charge in [0.2, 0.25) is 10.0 Å². The summed E-state index contributed by atoms with van der Waals surface area (Å²) < 4.78 is 60.8. The Morgan fingerprint density at radius 3 is 2.55 bits per heavy atom. The summed E-state index contributed by atoms with van der Waals surface area (Å²) in [7, 11) is -3.16. The maximum Gasteiger partial charge on any atom is 0.217 e. The summed E-state index contributed by atoms with van der Waals surface area (Å²) in [5.74, 6) is -1.02. The number of halogens is 2. The third kappa shape index (κ3) is 3.40. The van der Waals surface area contributed by atoms with Crippen LogP contribution in [0.2, 0.25) is 0 Å². The summed E-state index contributed by atoms with van der Waals surface area (Å²) in [6, 6.07) is 3.19. The van der Waals surface area contributed by atoms with E-state index < -0.39 is 33.8 Å². The quantitative estimate of drug-likeness (QED) is 0.793. The first-order chi connectivity index (χ1) is 13.9. The Balaban J connectivity index is 1.27. The van der Waals surface area contributed by atoms with Crippen LogP contribution in [0.5, 0.6) is 0 Å². The summed E-state index contributed by atoms with van der Waals surface area (Å²) in [4.78, 5) is 2.34. The Labute approximate surface area is 170 Å². The van der Waals surface area contributed by atoms with Crippen LogP contribution in [0, 0.1) is 11.6 Å². The van der Waals surface area contributed by atoms with E-state index in [9.17, 15) is 17.2 Å². The summed E-state index contributed by atoms with van der Waals surface area (Å²) in [6.07, 6.45) is 3.15. The van der Waals surface area contributed by atoms with Crippen LogP contribution in [0.1, 0.15) is 43.8 Å². The Morgan fingerprint density at radius 2 is 1.83 bits per heavy atom. The second-order valence-electron chi connectivity index (χ2n) is 8.78. The van der Waals surface area contributed by atoms with Gasteiger partial charge >= 0.3 is 0 Å². The van der Waals surface area contributed by atoms with E-state index >= 15 is 0 Å². The SMILES string of the molecule is N[C@H]1C[C@@H](N2CCC3C2CCN3S(=O)(=O)C2CC2)CO[C@@H]1c1cc(F)ccc1F. The van der Waals surface area contributed by atoms with Gasteiger partial charge in [-0.2, -0.15) is 4.31 Å². The lowest BCUT2D eigenvalue weighted by atomic mass is 9.93. The molecule has 3 heterocycles. The van der Waals surface area contributed by atoms with Crippen molar-refractivity contribution in [2.75, 3.05) is 19.7 Å². The molecular weight excluding hydrogens is 400 g/mol. The molecule has 1 aliphatic carbocycles. The van der Waals surface area contributed by atoms with Crippen molar-refractivity contribution in [3.63, 3.8) is 0 Å². The molecule has 4 aliphatic rings. The van der Waals surface area contributed by atoms with Crippen molar-refractivity contribution in [1.29, 1.82) is 0 Å². The van der Waals surface area contributed by atoms with Gasteiger partial charge in [-0.05, 0) is 50.3 Å². The molecule has 0 aromatic heterocycles. The zero-order valence-corrected chi connectivity index (χ0v) is 17.0. The van der Waals surface area contributed by atoms with Gasteiger partial charge in [0.15, 0.2) is 0 Å². The molecule has 4 fully saturated rings. The number of hydrogen-bond acceptors (Lipinski definition) is 5. The minimum absolute atomic E-state index is 0.0372. The van der Waals surface area contributed by atoms with E-state index in [1.165, 1.54) is 0 Å². The van der Waals surface area contributed by atoms with Gasteiger partial charge < -0.3 is 10.5 Å². The highest BCUT2D eigenvalue weighted by molar-refractivity contribution is 7.90. The Kier molecular flexibility index (Phi) is 4.94. The number of likely N-dealkylation sites (tertiary alicyclic amines) is 1. The summed E-state index contributed by atoms with van der Waals surface area (Å²) in [6.45, 7) is 1.78. The average Bonchev–Trinajstić information content (AvgIpc) is 3.34. The number of benzene rings is 1. The van der Waals surface area contributed by atoms with Gasteiger partial charge in [0.25, 0.3) is 0 Å². The van der Waals surface area contributed by atoms with Crippen molar-refractivity contribution in [2.45, 2.75) is 67.6 Å². The van der Waals surface area contributed by atoms with Gasteiger partial charge in [-0.1, -0.05) is 0 Å². The smallest absolute Gasteiger partial charge is 0.217 e. The molecule has 1 aromatic rings. The summed E-state index contributed by atoms with van der Waals surface area (Å²) in [5.41, 5.74) is 6.49. The number of nitrogens with zero attached hydrogens (tertiary/aromatic N) is 2. The van der Waals surface area contributed by atoms with E-state index in [1.54, 1.807) is 4.31 Å². The fraction of sp³-hybridized carbons (Fsp3) is 0.700. The van der Waals surface area contributed by atoms with E-state index in [4.69, 9.17) is 10.5 Å². The highest BCUT2D eigenvalue weighted by Gasteiger charge is 2.52. The standard InChI is InChI=1S/C20H27F2N3O3S/c21-12-1-4-16(22)15(9-12)20-17(23)10-13(11-28-20)24-7-5-19-18(24)6-8-25(19)29(26,27)14-2-3-14/h1,4,9,13-14,17-20H,2-3,5-8,10-11,23H2/t13-,17+,18?,19?,20-/m1/s1. The number of rotatable bonds is 4. The minimum atomic E-state index is -3.16. The highest BCUT2D eigenvalue weighted by atomic mass is 32.2. The Bertz CT molecular complexity index is 895. The second kappa shape index (κ2) is 7.23. The predicted molar refractivity (Wildman–Crippen MR) is 104 cm³/mol. The van der Waals surface area contributed by atoms with Crippen molar-refractivity contribution in [3.8, 4) is 0 Å². The number of sulfonamides is 1. The first kappa shape index (κ1) is 19.8. The van der Waals surface area contributed by atoms with Crippen LogP contribution in [0.25, 0.3) is 0 Å². The summed E-state index contributed by atoms with van der Waals surface area (Å²) in [5, 5.41) is -0.177. The molecule has 0 amide bonds. The van der Waals surface area contributed by atoms with Crippen molar-refractivity contribution >= 4 is 10.0 Å². The van der Waals surface area contributed by atoms with Crippen LogP contribution in [-0.4, -0.2) is 66.7 Å². The van der Waals surface area contributed by atoms with Gasteiger partial charge in [-0.15, -0.1) is 0 Å². The van der Waals surface area contributed by atoms with Crippen LogP contribution in [0.15, 0.2) is 18.2 Å². The molecule has 5 rings (SSSR count). The van der Waals surface area contributed by atoms with E-state index in [0.717, 1.165) is 50.4 Å². The van der Waals surface area contributed by atoms with Crippen molar-refractivity contribution in [2.24, 2.45) is 5.73 Å². The molecular formula is C20H27F2N3O3S. The molecule has 0 bridgehead atoms. The molecule has 9 heteroatoms. The molecule has 6 nitrogen and oxygen atoms in total. The van der Waals surface area contributed by atoms with Crippen molar-refractivity contribution in [1.82, 2.24) is 9.21 Å². The number of nitrogens with two attached hydrogens (primary N) is 1. The van der Waals surface area contributed by atoms with E-state index in [1.807, 2.05) is 0 Å². The molecule has 2 N–H and O–H groups in total. The molecule has 2 unspecified atom stereocenters. The van der Waals surface area contributed by atoms with Crippen LogP contribution in [0.3, 0.4) is 0 Å². The minimum Gasteiger partial charge on any atom is -0.370 e.